The molecule has 0 saturated heterocycles. The van der Waals surface area contributed by atoms with Gasteiger partial charge in [-0.05, 0) is 33.8 Å². The zero-order valence-corrected chi connectivity index (χ0v) is 10.4. The topological polar surface area (TPSA) is 76.0 Å². The number of nitroso groups, excluding NO2 is 1. The Morgan fingerprint density at radius 3 is 2.73 bits per heavy atom. The Labute approximate surface area is 103 Å². The Morgan fingerprint density at radius 2 is 2.27 bits per heavy atom. The molecular weight excluding hydrogens is 336 g/mol. The summed E-state index contributed by atoms with van der Waals surface area (Å²) < 4.78 is 4.69. The molecule has 5 nitrogen and oxygen atoms in total. The van der Waals surface area contributed by atoms with Crippen LogP contribution >= 0.6 is 34.2 Å². The number of nitrogens with zero attached hydrogens (tertiary/aromatic N) is 1. The fourth-order valence-corrected chi connectivity index (χ4v) is 1.66. The smallest absolute Gasteiger partial charge is 0.341 e. The number of benzene rings is 1. The first-order valence-electron chi connectivity index (χ1n) is 3.65. The van der Waals surface area contributed by atoms with Gasteiger partial charge in [-0.25, -0.2) is 4.79 Å². The van der Waals surface area contributed by atoms with Crippen molar-refractivity contribution in [2.24, 2.45) is 5.18 Å². The van der Waals surface area contributed by atoms with Crippen LogP contribution in [-0.2, 0) is 4.74 Å². The molecule has 0 aromatic heterocycles. The number of hydrogen-bond donors (Lipinski definition) is 1. The highest BCUT2D eigenvalue weighted by Crippen LogP contribution is 2.39. The van der Waals surface area contributed by atoms with Crippen LogP contribution in [0.15, 0.2) is 11.2 Å². The SMILES string of the molecule is COC(=O)c1cc(Cl)c(I)c(N=O)c1O. The van der Waals surface area contributed by atoms with E-state index in [9.17, 15) is 14.8 Å². The van der Waals surface area contributed by atoms with Gasteiger partial charge in [0.2, 0.25) is 0 Å². The van der Waals surface area contributed by atoms with E-state index in [-0.39, 0.29) is 19.8 Å². The minimum Gasteiger partial charge on any atom is -0.505 e. The lowest BCUT2D eigenvalue weighted by atomic mass is 10.2. The van der Waals surface area contributed by atoms with Crippen molar-refractivity contribution in [1.29, 1.82) is 0 Å². The minimum absolute atomic E-state index is 0.156. The first-order valence-corrected chi connectivity index (χ1v) is 5.11. The largest absolute Gasteiger partial charge is 0.505 e. The van der Waals surface area contributed by atoms with Crippen LogP contribution in [0.2, 0.25) is 5.02 Å². The predicted molar refractivity (Wildman–Crippen MR) is 62.6 cm³/mol. The molecule has 15 heavy (non-hydrogen) atoms. The number of methoxy groups -OCH3 is 1. The maximum atomic E-state index is 11.2. The number of ether oxygens (including phenoxy) is 1. The van der Waals surface area contributed by atoms with Gasteiger partial charge in [-0.15, -0.1) is 4.91 Å². The molecule has 7 heteroatoms. The molecule has 1 N–H and O–H groups in total. The lowest BCUT2D eigenvalue weighted by Gasteiger charge is -2.06. The van der Waals surface area contributed by atoms with E-state index >= 15 is 0 Å². The number of aromatic hydroxyl groups is 1. The van der Waals surface area contributed by atoms with Gasteiger partial charge < -0.3 is 9.84 Å². The van der Waals surface area contributed by atoms with E-state index in [1.807, 2.05) is 0 Å². The van der Waals surface area contributed by atoms with Crippen LogP contribution in [0.1, 0.15) is 10.4 Å². The minimum atomic E-state index is -0.782. The third kappa shape index (κ3) is 2.20. The third-order valence-corrected chi connectivity index (χ3v) is 3.37. The van der Waals surface area contributed by atoms with Crippen molar-refractivity contribution in [3.05, 3.63) is 25.1 Å². The summed E-state index contributed by atoms with van der Waals surface area (Å²) >= 11 is 7.49. The number of carbonyl (C=O) groups excluding carboxylic acids is 1. The summed E-state index contributed by atoms with van der Waals surface area (Å²) in [7, 11) is 1.15. The molecule has 0 fully saturated rings. The third-order valence-electron chi connectivity index (χ3n) is 1.66. The lowest BCUT2D eigenvalue weighted by molar-refractivity contribution is 0.0597. The maximum absolute atomic E-state index is 11.2. The normalized spacial score (nSPS) is 9.80. The van der Waals surface area contributed by atoms with Gasteiger partial charge in [-0.1, -0.05) is 11.6 Å². The van der Waals surface area contributed by atoms with Crippen molar-refractivity contribution in [3.8, 4) is 5.75 Å². The van der Waals surface area contributed by atoms with E-state index in [4.69, 9.17) is 11.6 Å². The number of rotatable bonds is 2. The number of carbonyl (C=O) groups is 1. The molecule has 0 amide bonds. The second-order valence-electron chi connectivity index (χ2n) is 2.50. The standard InChI is InChI=1S/C8H5ClINO4/c1-15-8(13)3-2-4(9)5(10)6(11-14)7(3)12/h2,12H,1H3. The van der Waals surface area contributed by atoms with E-state index < -0.39 is 11.7 Å². The maximum Gasteiger partial charge on any atom is 0.341 e. The zero-order chi connectivity index (χ0) is 11.6. The van der Waals surface area contributed by atoms with Crippen molar-refractivity contribution in [2.75, 3.05) is 7.11 Å². The molecule has 0 aliphatic heterocycles. The van der Waals surface area contributed by atoms with Gasteiger partial charge in [-0.2, -0.15) is 0 Å². The monoisotopic (exact) mass is 341 g/mol. The summed E-state index contributed by atoms with van der Waals surface area (Å²) in [5, 5.41) is 12.3. The van der Waals surface area contributed by atoms with Gasteiger partial charge in [0.05, 0.1) is 15.7 Å². The van der Waals surface area contributed by atoms with Gasteiger partial charge in [-0.3, -0.25) is 0 Å². The molecule has 0 bridgehead atoms. The number of phenols is 1. The van der Waals surface area contributed by atoms with Crippen LogP contribution in [0, 0.1) is 8.48 Å². The average Bonchev–Trinajstić information content (AvgIpc) is 2.23. The van der Waals surface area contributed by atoms with Crippen molar-refractivity contribution in [3.63, 3.8) is 0 Å². The van der Waals surface area contributed by atoms with Crippen LogP contribution in [0.4, 0.5) is 5.69 Å². The average molecular weight is 341 g/mol. The van der Waals surface area contributed by atoms with E-state index in [1.165, 1.54) is 6.07 Å². The highest BCUT2D eigenvalue weighted by molar-refractivity contribution is 14.1. The second kappa shape index (κ2) is 4.75. The van der Waals surface area contributed by atoms with Crippen LogP contribution in [0.25, 0.3) is 0 Å². The Bertz CT molecular complexity index is 435. The highest BCUT2D eigenvalue weighted by atomic mass is 127. The van der Waals surface area contributed by atoms with Crippen molar-refractivity contribution in [1.82, 2.24) is 0 Å². The van der Waals surface area contributed by atoms with Crippen molar-refractivity contribution >= 4 is 45.8 Å². The number of halogens is 2. The Hall–Kier alpha value is -0.890. The Morgan fingerprint density at radius 1 is 1.67 bits per heavy atom. The molecule has 0 unspecified atom stereocenters. The molecular formula is C8H5ClINO4. The van der Waals surface area contributed by atoms with Crippen LogP contribution in [0.3, 0.4) is 0 Å². The lowest BCUT2D eigenvalue weighted by Crippen LogP contribution is -2.02. The summed E-state index contributed by atoms with van der Waals surface area (Å²) in [6, 6.07) is 1.22. The molecule has 0 aliphatic rings. The van der Waals surface area contributed by atoms with Gasteiger partial charge in [0.15, 0.2) is 11.4 Å². The Kier molecular flexibility index (Phi) is 3.86. The zero-order valence-electron chi connectivity index (χ0n) is 7.45. The molecule has 0 atom stereocenters. The van der Waals surface area contributed by atoms with Crippen molar-refractivity contribution < 1.29 is 14.6 Å². The van der Waals surface area contributed by atoms with E-state index in [0.717, 1.165) is 7.11 Å². The summed E-state index contributed by atoms with van der Waals surface area (Å²) in [5.41, 5.74) is -0.444. The van der Waals surface area contributed by atoms with E-state index in [2.05, 4.69) is 9.91 Å². The van der Waals surface area contributed by atoms with E-state index in [1.54, 1.807) is 22.6 Å². The quantitative estimate of drug-likeness (QED) is 0.510. The predicted octanol–water partition coefficient (Wildman–Crippen LogP) is 2.83. The molecule has 0 heterocycles. The van der Waals surface area contributed by atoms with E-state index in [0.29, 0.717) is 0 Å². The fourth-order valence-electron chi connectivity index (χ4n) is 0.952. The molecule has 0 spiro atoms. The first-order chi connectivity index (χ1) is 7.02. The summed E-state index contributed by atoms with van der Waals surface area (Å²) in [6.45, 7) is 0. The molecule has 0 aliphatic carbocycles. The first kappa shape index (κ1) is 12.2. The summed E-state index contributed by atoms with van der Waals surface area (Å²) in [6.07, 6.45) is 0. The van der Waals surface area contributed by atoms with Gasteiger partial charge in [0, 0.05) is 0 Å². The fraction of sp³-hybridized carbons (Fsp3) is 0.125. The number of esters is 1. The Balaban J connectivity index is 3.50. The van der Waals surface area contributed by atoms with Gasteiger partial charge in [0.1, 0.15) is 5.56 Å². The number of hydrogen-bond acceptors (Lipinski definition) is 5. The van der Waals surface area contributed by atoms with Crippen LogP contribution < -0.4 is 0 Å². The molecule has 80 valence electrons. The van der Waals surface area contributed by atoms with Crippen LogP contribution in [0.5, 0.6) is 5.75 Å². The number of phenolic OH excluding ortho intramolecular Hbond substituents is 1. The molecule has 1 rings (SSSR count). The van der Waals surface area contributed by atoms with Gasteiger partial charge >= 0.3 is 5.97 Å². The molecule has 0 radical (unpaired) electrons. The molecule has 1 aromatic carbocycles. The second-order valence-corrected chi connectivity index (χ2v) is 3.99. The summed E-state index contributed by atoms with van der Waals surface area (Å²) in [5.74, 6) is -1.30. The highest BCUT2D eigenvalue weighted by Gasteiger charge is 2.20. The van der Waals surface area contributed by atoms with Gasteiger partial charge in [0.25, 0.3) is 0 Å². The summed E-state index contributed by atoms with van der Waals surface area (Å²) in [4.78, 5) is 21.6. The van der Waals surface area contributed by atoms with Crippen molar-refractivity contribution in [2.45, 2.75) is 0 Å². The van der Waals surface area contributed by atoms with Crippen LogP contribution in [-0.4, -0.2) is 18.2 Å². The molecule has 1 aromatic rings. The molecule has 0 saturated carbocycles.